The van der Waals surface area contributed by atoms with Crippen LogP contribution in [0.4, 0.5) is 0 Å². The van der Waals surface area contributed by atoms with Gasteiger partial charge in [0.05, 0.1) is 11.9 Å². The normalized spacial score (nSPS) is 10.9. The van der Waals surface area contributed by atoms with Crippen LogP contribution in [-0.4, -0.2) is 28.8 Å². The summed E-state index contributed by atoms with van der Waals surface area (Å²) in [7, 11) is 0. The van der Waals surface area contributed by atoms with Crippen molar-refractivity contribution in [3.8, 4) is 11.3 Å². The molecule has 2 aromatic rings. The second kappa shape index (κ2) is 7.50. The van der Waals surface area contributed by atoms with Crippen molar-refractivity contribution in [3.63, 3.8) is 0 Å². The largest absolute Gasteiger partial charge is 0.313 e. The zero-order valence-electron chi connectivity index (χ0n) is 12.5. The summed E-state index contributed by atoms with van der Waals surface area (Å²) >= 11 is 1.89. The van der Waals surface area contributed by atoms with E-state index in [0.717, 1.165) is 18.8 Å². The van der Waals surface area contributed by atoms with Crippen LogP contribution < -0.4 is 5.32 Å². The van der Waals surface area contributed by atoms with E-state index in [0.29, 0.717) is 0 Å². The van der Waals surface area contributed by atoms with Crippen LogP contribution >= 0.6 is 11.8 Å². The van der Waals surface area contributed by atoms with Crippen molar-refractivity contribution >= 4 is 11.8 Å². The molecule has 0 aliphatic rings. The molecule has 0 atom stereocenters. The van der Waals surface area contributed by atoms with Gasteiger partial charge in [-0.3, -0.25) is 5.10 Å². The fraction of sp³-hybridized carbons (Fsp3) is 0.438. The molecule has 0 amide bonds. The van der Waals surface area contributed by atoms with Crippen LogP contribution in [-0.2, 0) is 6.54 Å². The first-order valence-electron chi connectivity index (χ1n) is 7.02. The topological polar surface area (TPSA) is 40.7 Å². The van der Waals surface area contributed by atoms with Crippen LogP contribution in [0.5, 0.6) is 0 Å². The number of thioether (sulfide) groups is 1. The van der Waals surface area contributed by atoms with Gasteiger partial charge in [-0.15, -0.1) is 0 Å². The van der Waals surface area contributed by atoms with Gasteiger partial charge >= 0.3 is 0 Å². The molecule has 1 heterocycles. The molecule has 0 bridgehead atoms. The summed E-state index contributed by atoms with van der Waals surface area (Å²) in [6, 6.07) is 6.55. The van der Waals surface area contributed by atoms with E-state index in [4.69, 9.17) is 0 Å². The highest BCUT2D eigenvalue weighted by atomic mass is 32.2. The maximum absolute atomic E-state index is 4.20. The third kappa shape index (κ3) is 3.87. The zero-order valence-corrected chi connectivity index (χ0v) is 13.3. The molecule has 4 heteroatoms. The first-order valence-corrected chi connectivity index (χ1v) is 8.41. The first-order chi connectivity index (χ1) is 9.72. The Labute approximate surface area is 125 Å². The SMILES string of the molecule is CSCCCNCc1cn[nH]c1-c1ccc(C)c(C)c1. The predicted molar refractivity (Wildman–Crippen MR) is 88.2 cm³/mol. The molecule has 0 radical (unpaired) electrons. The summed E-state index contributed by atoms with van der Waals surface area (Å²) < 4.78 is 0. The predicted octanol–water partition coefficient (Wildman–Crippen LogP) is 3.54. The molecular formula is C16H23N3S. The minimum absolute atomic E-state index is 0.868. The van der Waals surface area contributed by atoms with Gasteiger partial charge in [0, 0.05) is 17.7 Å². The number of rotatable bonds is 7. The van der Waals surface area contributed by atoms with Gasteiger partial charge in [0.1, 0.15) is 0 Å². The summed E-state index contributed by atoms with van der Waals surface area (Å²) in [4.78, 5) is 0. The molecule has 0 saturated heterocycles. The molecule has 0 saturated carbocycles. The van der Waals surface area contributed by atoms with Crippen molar-refractivity contribution in [1.29, 1.82) is 0 Å². The highest BCUT2D eigenvalue weighted by molar-refractivity contribution is 7.98. The molecule has 2 N–H and O–H groups in total. The Morgan fingerprint density at radius 1 is 1.25 bits per heavy atom. The molecule has 3 nitrogen and oxygen atoms in total. The Kier molecular flexibility index (Phi) is 5.68. The monoisotopic (exact) mass is 289 g/mol. The molecule has 108 valence electrons. The molecule has 20 heavy (non-hydrogen) atoms. The van der Waals surface area contributed by atoms with Gasteiger partial charge in [0.2, 0.25) is 0 Å². The van der Waals surface area contributed by atoms with Crippen LogP contribution in [0.3, 0.4) is 0 Å². The number of aryl methyl sites for hydroxylation is 2. The van der Waals surface area contributed by atoms with Gasteiger partial charge in [0.25, 0.3) is 0 Å². The number of aromatic nitrogens is 2. The summed E-state index contributed by atoms with van der Waals surface area (Å²) in [5.74, 6) is 1.21. The molecule has 0 spiro atoms. The van der Waals surface area contributed by atoms with E-state index >= 15 is 0 Å². The van der Waals surface area contributed by atoms with Gasteiger partial charge in [-0.05, 0) is 56.0 Å². The van der Waals surface area contributed by atoms with E-state index < -0.39 is 0 Å². The summed E-state index contributed by atoms with van der Waals surface area (Å²) in [6.07, 6.45) is 5.28. The third-order valence-electron chi connectivity index (χ3n) is 3.53. The lowest BCUT2D eigenvalue weighted by molar-refractivity contribution is 0.680. The number of nitrogens with zero attached hydrogens (tertiary/aromatic N) is 1. The van der Waals surface area contributed by atoms with Gasteiger partial charge in [-0.2, -0.15) is 16.9 Å². The van der Waals surface area contributed by atoms with Crippen LogP contribution in [0.15, 0.2) is 24.4 Å². The quantitative estimate of drug-likeness (QED) is 0.766. The minimum Gasteiger partial charge on any atom is -0.313 e. The second-order valence-corrected chi connectivity index (χ2v) is 6.08. The van der Waals surface area contributed by atoms with Crippen LogP contribution in [0, 0.1) is 13.8 Å². The number of hydrogen-bond acceptors (Lipinski definition) is 3. The molecule has 1 aromatic carbocycles. The Bertz CT molecular complexity index is 548. The van der Waals surface area contributed by atoms with Crippen LogP contribution in [0.1, 0.15) is 23.1 Å². The van der Waals surface area contributed by atoms with E-state index in [1.54, 1.807) is 0 Å². The molecule has 0 fully saturated rings. The summed E-state index contributed by atoms with van der Waals surface area (Å²) in [5, 5.41) is 10.8. The lowest BCUT2D eigenvalue weighted by Gasteiger charge is -2.07. The molecule has 0 aliphatic heterocycles. The Balaban J connectivity index is 2.02. The minimum atomic E-state index is 0.868. The Morgan fingerprint density at radius 3 is 2.85 bits per heavy atom. The molecule has 0 unspecified atom stereocenters. The molecule has 2 rings (SSSR count). The van der Waals surface area contributed by atoms with E-state index in [2.05, 4.69) is 53.8 Å². The smallest absolute Gasteiger partial charge is 0.0695 e. The first kappa shape index (κ1) is 15.1. The third-order valence-corrected chi connectivity index (χ3v) is 4.23. The van der Waals surface area contributed by atoms with Crippen molar-refractivity contribution in [3.05, 3.63) is 41.1 Å². The molecular weight excluding hydrogens is 266 g/mol. The van der Waals surface area contributed by atoms with Gasteiger partial charge in [0.15, 0.2) is 0 Å². The van der Waals surface area contributed by atoms with E-state index in [1.165, 1.54) is 34.4 Å². The fourth-order valence-electron chi connectivity index (χ4n) is 2.16. The van der Waals surface area contributed by atoms with Crippen molar-refractivity contribution in [2.45, 2.75) is 26.8 Å². The maximum Gasteiger partial charge on any atom is 0.0695 e. The zero-order chi connectivity index (χ0) is 14.4. The lowest BCUT2D eigenvalue weighted by atomic mass is 10.0. The maximum atomic E-state index is 4.20. The van der Waals surface area contributed by atoms with Crippen LogP contribution in [0.2, 0.25) is 0 Å². The molecule has 0 aliphatic carbocycles. The van der Waals surface area contributed by atoms with Gasteiger partial charge in [-0.25, -0.2) is 0 Å². The lowest BCUT2D eigenvalue weighted by Crippen LogP contribution is -2.15. The average Bonchev–Trinajstić information content (AvgIpc) is 2.90. The van der Waals surface area contributed by atoms with Crippen molar-refractivity contribution in [2.24, 2.45) is 0 Å². The Morgan fingerprint density at radius 2 is 2.10 bits per heavy atom. The van der Waals surface area contributed by atoms with Crippen molar-refractivity contribution in [2.75, 3.05) is 18.6 Å². The van der Waals surface area contributed by atoms with Crippen molar-refractivity contribution in [1.82, 2.24) is 15.5 Å². The number of benzene rings is 1. The Hall–Kier alpha value is -1.26. The fourth-order valence-corrected chi connectivity index (χ4v) is 2.59. The van der Waals surface area contributed by atoms with E-state index in [1.807, 2.05) is 18.0 Å². The standard InChI is InChI=1S/C16H23N3S/c1-12-5-6-14(9-13(12)2)16-15(11-18-19-16)10-17-7-4-8-20-3/h5-6,9,11,17H,4,7-8,10H2,1-3H3,(H,18,19). The van der Waals surface area contributed by atoms with Gasteiger partial charge < -0.3 is 5.32 Å². The van der Waals surface area contributed by atoms with E-state index in [9.17, 15) is 0 Å². The summed E-state index contributed by atoms with van der Waals surface area (Å²) in [6.45, 7) is 6.21. The molecule has 1 aromatic heterocycles. The number of hydrogen-bond donors (Lipinski definition) is 2. The van der Waals surface area contributed by atoms with Crippen LogP contribution in [0.25, 0.3) is 11.3 Å². The highest BCUT2D eigenvalue weighted by Crippen LogP contribution is 2.23. The summed E-state index contributed by atoms with van der Waals surface area (Å²) in [5.41, 5.74) is 6.22. The van der Waals surface area contributed by atoms with E-state index in [-0.39, 0.29) is 0 Å². The van der Waals surface area contributed by atoms with Gasteiger partial charge in [-0.1, -0.05) is 12.1 Å². The number of aromatic amines is 1. The second-order valence-electron chi connectivity index (χ2n) is 5.09. The number of nitrogens with one attached hydrogen (secondary N) is 2. The van der Waals surface area contributed by atoms with Crippen molar-refractivity contribution < 1.29 is 0 Å². The highest BCUT2D eigenvalue weighted by Gasteiger charge is 2.08. The number of H-pyrrole nitrogens is 1. The average molecular weight is 289 g/mol.